The van der Waals surface area contributed by atoms with Crippen LogP contribution in [0.15, 0.2) is 6.20 Å². The van der Waals surface area contributed by atoms with Crippen LogP contribution in [0.1, 0.15) is 30.3 Å². The van der Waals surface area contributed by atoms with E-state index < -0.39 is 0 Å². The second-order valence-electron chi connectivity index (χ2n) is 4.62. The normalized spacial score (nSPS) is 18.2. The molecule has 1 aromatic rings. The van der Waals surface area contributed by atoms with Crippen molar-refractivity contribution < 1.29 is 9.53 Å². The Kier molecular flexibility index (Phi) is 3.78. The molecule has 2 rings (SSSR count). The molecule has 94 valence electrons. The van der Waals surface area contributed by atoms with E-state index in [9.17, 15) is 4.79 Å². The van der Waals surface area contributed by atoms with Crippen LogP contribution in [0.3, 0.4) is 0 Å². The largest absolute Gasteiger partial charge is 0.469 e. The average molecular weight is 237 g/mol. The molecule has 0 saturated carbocycles. The minimum atomic E-state index is -0.255. The van der Waals surface area contributed by atoms with E-state index in [1.165, 1.54) is 7.11 Å². The van der Waals surface area contributed by atoms with E-state index in [1.54, 1.807) is 0 Å². The third-order valence-corrected chi connectivity index (χ3v) is 3.35. The van der Waals surface area contributed by atoms with Crippen molar-refractivity contribution in [1.29, 1.82) is 0 Å². The van der Waals surface area contributed by atoms with Gasteiger partial charge >= 0.3 is 5.97 Å². The number of likely N-dealkylation sites (tertiary alicyclic amines) is 1. The molecule has 1 saturated heterocycles. The van der Waals surface area contributed by atoms with Gasteiger partial charge in [0.25, 0.3) is 0 Å². The molecular weight excluding hydrogens is 218 g/mol. The van der Waals surface area contributed by atoms with Crippen LogP contribution in [0.25, 0.3) is 0 Å². The number of H-pyrrole nitrogens is 1. The first kappa shape index (κ1) is 12.1. The first-order chi connectivity index (χ1) is 8.19. The van der Waals surface area contributed by atoms with Crippen molar-refractivity contribution in [3.05, 3.63) is 17.7 Å². The zero-order chi connectivity index (χ0) is 12.3. The Morgan fingerprint density at radius 1 is 1.59 bits per heavy atom. The standard InChI is InChI=1S/C12H19N3O2/c1-15-5-3-9(4-6-15)10-8-13-11(14-10)7-12(16)17-2/h8-9H,3-7H2,1-2H3,(H,13,14). The highest BCUT2D eigenvalue weighted by molar-refractivity contribution is 5.71. The lowest BCUT2D eigenvalue weighted by molar-refractivity contribution is -0.139. The molecule has 0 aromatic carbocycles. The summed E-state index contributed by atoms with van der Waals surface area (Å²) in [6.07, 6.45) is 4.38. The summed E-state index contributed by atoms with van der Waals surface area (Å²) in [5.41, 5.74) is 1.15. The Bertz CT molecular complexity index is 381. The fourth-order valence-corrected chi connectivity index (χ4v) is 2.20. The first-order valence-corrected chi connectivity index (χ1v) is 5.98. The van der Waals surface area contributed by atoms with E-state index in [2.05, 4.69) is 26.7 Å². The topological polar surface area (TPSA) is 58.2 Å². The van der Waals surface area contributed by atoms with Crippen LogP contribution >= 0.6 is 0 Å². The molecular formula is C12H19N3O2. The van der Waals surface area contributed by atoms with Crippen LogP contribution in [0.2, 0.25) is 0 Å². The number of carbonyl (C=O) groups is 1. The minimum Gasteiger partial charge on any atom is -0.469 e. The fraction of sp³-hybridized carbons (Fsp3) is 0.667. The van der Waals surface area contributed by atoms with Gasteiger partial charge in [-0.2, -0.15) is 0 Å². The summed E-state index contributed by atoms with van der Waals surface area (Å²) in [7, 11) is 3.54. The van der Waals surface area contributed by atoms with Crippen LogP contribution in [-0.2, 0) is 16.0 Å². The average Bonchev–Trinajstić information content (AvgIpc) is 2.78. The van der Waals surface area contributed by atoms with E-state index in [0.717, 1.165) is 31.6 Å². The Morgan fingerprint density at radius 2 is 2.29 bits per heavy atom. The number of hydrogen-bond donors (Lipinski definition) is 1. The maximum Gasteiger partial charge on any atom is 0.313 e. The lowest BCUT2D eigenvalue weighted by Crippen LogP contribution is -2.29. The molecule has 1 aliphatic rings. The number of ether oxygens (including phenoxy) is 1. The van der Waals surface area contributed by atoms with Gasteiger partial charge in [-0.15, -0.1) is 0 Å². The van der Waals surface area contributed by atoms with Gasteiger partial charge in [-0.1, -0.05) is 0 Å². The molecule has 2 heterocycles. The Balaban J connectivity index is 1.96. The number of imidazole rings is 1. The van der Waals surface area contributed by atoms with Crippen molar-refractivity contribution in [2.45, 2.75) is 25.2 Å². The number of nitrogens with zero attached hydrogens (tertiary/aromatic N) is 2. The number of aromatic nitrogens is 2. The molecule has 1 aliphatic heterocycles. The highest BCUT2D eigenvalue weighted by Crippen LogP contribution is 2.25. The van der Waals surface area contributed by atoms with Crippen LogP contribution in [0.4, 0.5) is 0 Å². The van der Waals surface area contributed by atoms with E-state index in [1.807, 2.05) is 6.20 Å². The number of aromatic amines is 1. The van der Waals surface area contributed by atoms with Gasteiger partial charge in [0.05, 0.1) is 7.11 Å². The van der Waals surface area contributed by atoms with E-state index in [4.69, 9.17) is 0 Å². The van der Waals surface area contributed by atoms with Gasteiger partial charge in [-0.3, -0.25) is 4.79 Å². The quantitative estimate of drug-likeness (QED) is 0.795. The highest BCUT2D eigenvalue weighted by Gasteiger charge is 2.20. The van der Waals surface area contributed by atoms with Gasteiger partial charge in [0.2, 0.25) is 0 Å². The van der Waals surface area contributed by atoms with E-state index >= 15 is 0 Å². The second-order valence-corrected chi connectivity index (χ2v) is 4.62. The van der Waals surface area contributed by atoms with Crippen molar-refractivity contribution >= 4 is 5.97 Å². The number of esters is 1. The predicted molar refractivity (Wildman–Crippen MR) is 63.8 cm³/mol. The molecule has 5 nitrogen and oxygen atoms in total. The van der Waals surface area contributed by atoms with Crippen molar-refractivity contribution in [3.63, 3.8) is 0 Å². The molecule has 5 heteroatoms. The Morgan fingerprint density at radius 3 is 2.94 bits per heavy atom. The number of hydrogen-bond acceptors (Lipinski definition) is 4. The number of carbonyl (C=O) groups excluding carboxylic acids is 1. The van der Waals surface area contributed by atoms with Crippen molar-refractivity contribution in [3.8, 4) is 0 Å². The van der Waals surface area contributed by atoms with Gasteiger partial charge in [0.15, 0.2) is 0 Å². The molecule has 0 radical (unpaired) electrons. The van der Waals surface area contributed by atoms with Gasteiger partial charge in [-0.25, -0.2) is 4.98 Å². The fourth-order valence-electron chi connectivity index (χ4n) is 2.20. The van der Waals surface area contributed by atoms with E-state index in [-0.39, 0.29) is 12.4 Å². The maximum absolute atomic E-state index is 11.1. The van der Waals surface area contributed by atoms with Gasteiger partial charge in [0, 0.05) is 17.8 Å². The van der Waals surface area contributed by atoms with Gasteiger partial charge < -0.3 is 14.6 Å². The highest BCUT2D eigenvalue weighted by atomic mass is 16.5. The Hall–Kier alpha value is -1.36. The van der Waals surface area contributed by atoms with Crippen molar-refractivity contribution in [1.82, 2.24) is 14.9 Å². The van der Waals surface area contributed by atoms with Crippen LogP contribution in [0.5, 0.6) is 0 Å². The zero-order valence-corrected chi connectivity index (χ0v) is 10.4. The number of rotatable bonds is 3. The monoisotopic (exact) mass is 237 g/mol. The van der Waals surface area contributed by atoms with Crippen molar-refractivity contribution in [2.24, 2.45) is 0 Å². The summed E-state index contributed by atoms with van der Waals surface area (Å²) in [6, 6.07) is 0. The SMILES string of the molecule is COC(=O)Cc1ncc(C2CCN(C)CC2)[nH]1. The maximum atomic E-state index is 11.1. The number of piperidine rings is 1. The third kappa shape index (κ3) is 3.06. The smallest absolute Gasteiger partial charge is 0.313 e. The lowest BCUT2D eigenvalue weighted by atomic mass is 9.94. The van der Waals surface area contributed by atoms with Crippen LogP contribution < -0.4 is 0 Å². The lowest BCUT2D eigenvalue weighted by Gasteiger charge is -2.28. The minimum absolute atomic E-state index is 0.225. The van der Waals surface area contributed by atoms with Gasteiger partial charge in [-0.05, 0) is 33.0 Å². The van der Waals surface area contributed by atoms with Gasteiger partial charge in [0.1, 0.15) is 12.2 Å². The molecule has 0 amide bonds. The molecule has 1 N–H and O–H groups in total. The first-order valence-electron chi connectivity index (χ1n) is 5.98. The molecule has 0 aliphatic carbocycles. The van der Waals surface area contributed by atoms with Crippen LogP contribution in [0, 0.1) is 0 Å². The predicted octanol–water partition coefficient (Wildman–Crippen LogP) is 0.934. The Labute approximate surface area is 101 Å². The molecule has 1 aromatic heterocycles. The number of methoxy groups -OCH3 is 1. The summed E-state index contributed by atoms with van der Waals surface area (Å²) >= 11 is 0. The molecule has 17 heavy (non-hydrogen) atoms. The third-order valence-electron chi connectivity index (χ3n) is 3.35. The molecule has 1 fully saturated rings. The summed E-state index contributed by atoms with van der Waals surface area (Å²) in [5, 5.41) is 0. The van der Waals surface area contributed by atoms with Crippen molar-refractivity contribution in [2.75, 3.05) is 27.2 Å². The van der Waals surface area contributed by atoms with Crippen LogP contribution in [-0.4, -0.2) is 48.1 Å². The summed E-state index contributed by atoms with van der Waals surface area (Å²) in [6.45, 7) is 2.24. The van der Waals surface area contributed by atoms with E-state index in [0.29, 0.717) is 11.7 Å². The summed E-state index contributed by atoms with van der Waals surface area (Å²) < 4.78 is 4.62. The zero-order valence-electron chi connectivity index (χ0n) is 10.4. The second kappa shape index (κ2) is 5.31. The summed E-state index contributed by atoms with van der Waals surface area (Å²) in [4.78, 5) is 20.9. The molecule has 0 atom stereocenters. The number of nitrogens with one attached hydrogen (secondary N) is 1. The molecule has 0 bridgehead atoms. The molecule has 0 spiro atoms. The molecule has 0 unspecified atom stereocenters. The summed E-state index contributed by atoms with van der Waals surface area (Å²) in [5.74, 6) is 0.991.